The van der Waals surface area contributed by atoms with E-state index in [-0.39, 0.29) is 5.91 Å². The molecule has 1 aliphatic heterocycles. The maximum atomic E-state index is 12.5. The second-order valence-electron chi connectivity index (χ2n) is 6.97. The van der Waals surface area contributed by atoms with Crippen LogP contribution in [0.2, 0.25) is 0 Å². The summed E-state index contributed by atoms with van der Waals surface area (Å²) in [6.07, 6.45) is 3.00. The molecule has 0 unspecified atom stereocenters. The van der Waals surface area contributed by atoms with Crippen molar-refractivity contribution < 1.29 is 19.1 Å². The van der Waals surface area contributed by atoms with E-state index in [0.717, 1.165) is 17.4 Å². The zero-order valence-corrected chi connectivity index (χ0v) is 17.1. The smallest absolute Gasteiger partial charge is 0.251 e. The van der Waals surface area contributed by atoms with Crippen molar-refractivity contribution in [2.24, 2.45) is 0 Å². The Balaban J connectivity index is 1.58. The van der Waals surface area contributed by atoms with E-state index in [1.807, 2.05) is 35.2 Å². The summed E-state index contributed by atoms with van der Waals surface area (Å²) in [4.78, 5) is 25.5. The summed E-state index contributed by atoms with van der Waals surface area (Å²) >= 11 is 0. The first-order valence-electron chi connectivity index (χ1n) is 9.61. The molecule has 7 nitrogen and oxygen atoms in total. The number of hydrogen-bond acceptors (Lipinski definition) is 6. The van der Waals surface area contributed by atoms with Gasteiger partial charge in [-0.1, -0.05) is 18.2 Å². The fourth-order valence-corrected chi connectivity index (χ4v) is 3.24. The van der Waals surface area contributed by atoms with Crippen LogP contribution in [0.3, 0.4) is 0 Å². The molecule has 30 heavy (non-hydrogen) atoms. The summed E-state index contributed by atoms with van der Waals surface area (Å²) < 4.78 is 10.5. The molecule has 0 radical (unpaired) electrons. The van der Waals surface area contributed by atoms with E-state index in [0.29, 0.717) is 54.4 Å². The van der Waals surface area contributed by atoms with Gasteiger partial charge in [-0.3, -0.25) is 9.59 Å². The molecule has 0 bridgehead atoms. The number of allylic oxidation sites excluding steroid dienone is 1. The third kappa shape index (κ3) is 5.05. The molecule has 2 aromatic rings. The van der Waals surface area contributed by atoms with Gasteiger partial charge >= 0.3 is 0 Å². The van der Waals surface area contributed by atoms with E-state index < -0.39 is 0 Å². The first-order valence-corrected chi connectivity index (χ1v) is 9.61. The number of benzene rings is 2. The van der Waals surface area contributed by atoms with Crippen molar-refractivity contribution in [1.29, 1.82) is 5.41 Å². The van der Waals surface area contributed by atoms with Crippen LogP contribution in [0.5, 0.6) is 11.5 Å². The van der Waals surface area contributed by atoms with Gasteiger partial charge < -0.3 is 25.1 Å². The van der Waals surface area contributed by atoms with Crippen molar-refractivity contribution in [2.75, 3.05) is 20.8 Å². The summed E-state index contributed by atoms with van der Waals surface area (Å²) in [5.41, 5.74) is 3.31. The SMILES string of the molecule is COc1ccc(CNC(=O)c2ccc(CN3C=C(C=O)C(=N)CC3)cc2)cc1OC. The Hall–Kier alpha value is -3.61. The highest BCUT2D eigenvalue weighted by Crippen LogP contribution is 2.27. The maximum Gasteiger partial charge on any atom is 0.251 e. The molecule has 1 heterocycles. The van der Waals surface area contributed by atoms with Gasteiger partial charge in [-0.15, -0.1) is 0 Å². The maximum absolute atomic E-state index is 12.5. The van der Waals surface area contributed by atoms with Gasteiger partial charge in [0.1, 0.15) is 0 Å². The number of methoxy groups -OCH3 is 2. The number of rotatable bonds is 8. The number of carbonyl (C=O) groups is 2. The molecule has 1 aliphatic rings. The minimum absolute atomic E-state index is 0.161. The van der Waals surface area contributed by atoms with E-state index in [9.17, 15) is 9.59 Å². The molecule has 156 valence electrons. The van der Waals surface area contributed by atoms with Gasteiger partial charge in [-0.2, -0.15) is 0 Å². The van der Waals surface area contributed by atoms with Crippen molar-refractivity contribution in [3.63, 3.8) is 0 Å². The monoisotopic (exact) mass is 407 g/mol. The van der Waals surface area contributed by atoms with Crippen LogP contribution in [0.4, 0.5) is 0 Å². The van der Waals surface area contributed by atoms with Gasteiger partial charge in [0.2, 0.25) is 0 Å². The van der Waals surface area contributed by atoms with Gasteiger partial charge in [0.25, 0.3) is 5.91 Å². The van der Waals surface area contributed by atoms with Crippen LogP contribution in [0.1, 0.15) is 27.9 Å². The van der Waals surface area contributed by atoms with Crippen molar-refractivity contribution in [1.82, 2.24) is 10.2 Å². The minimum atomic E-state index is -0.161. The molecule has 0 saturated heterocycles. The number of carbonyl (C=O) groups excluding carboxylic acids is 2. The Bertz CT molecular complexity index is 967. The van der Waals surface area contributed by atoms with Gasteiger partial charge in [-0.25, -0.2) is 0 Å². The fraction of sp³-hybridized carbons (Fsp3) is 0.261. The van der Waals surface area contributed by atoms with Crippen LogP contribution in [0.25, 0.3) is 0 Å². The van der Waals surface area contributed by atoms with Crippen LogP contribution in [-0.4, -0.2) is 43.6 Å². The quantitative estimate of drug-likeness (QED) is 0.657. The second kappa shape index (κ2) is 9.73. The molecule has 0 saturated carbocycles. The van der Waals surface area contributed by atoms with E-state index in [2.05, 4.69) is 5.32 Å². The van der Waals surface area contributed by atoms with Gasteiger partial charge in [0.05, 0.1) is 19.8 Å². The van der Waals surface area contributed by atoms with Crippen LogP contribution >= 0.6 is 0 Å². The van der Waals surface area contributed by atoms with E-state index in [1.165, 1.54) is 0 Å². The van der Waals surface area contributed by atoms with Crippen LogP contribution < -0.4 is 14.8 Å². The standard InChI is InChI=1S/C23H25N3O4/c1-29-21-8-5-17(11-22(21)30-2)12-25-23(28)18-6-3-16(4-7-18)13-26-10-9-20(24)19(14-26)15-27/h3-8,11,14-15,24H,9-10,12-13H2,1-2H3,(H,25,28). The molecule has 2 aromatic carbocycles. The average molecular weight is 407 g/mol. The number of hydrogen-bond donors (Lipinski definition) is 2. The van der Waals surface area contributed by atoms with Crippen molar-refractivity contribution >= 4 is 17.9 Å². The van der Waals surface area contributed by atoms with Crippen LogP contribution in [0.15, 0.2) is 54.2 Å². The highest BCUT2D eigenvalue weighted by Gasteiger charge is 2.15. The molecule has 0 spiro atoms. The molecule has 0 atom stereocenters. The topological polar surface area (TPSA) is 91.7 Å². The Morgan fingerprint density at radius 3 is 2.47 bits per heavy atom. The summed E-state index contributed by atoms with van der Waals surface area (Å²) in [6, 6.07) is 12.9. The summed E-state index contributed by atoms with van der Waals surface area (Å²) in [7, 11) is 3.15. The van der Waals surface area contributed by atoms with Gasteiger partial charge in [0.15, 0.2) is 17.8 Å². The van der Waals surface area contributed by atoms with E-state index >= 15 is 0 Å². The molecule has 0 aromatic heterocycles. The fourth-order valence-electron chi connectivity index (χ4n) is 3.24. The lowest BCUT2D eigenvalue weighted by molar-refractivity contribution is -0.104. The predicted octanol–water partition coefficient (Wildman–Crippen LogP) is 2.94. The zero-order valence-electron chi connectivity index (χ0n) is 17.1. The lowest BCUT2D eigenvalue weighted by Gasteiger charge is -2.25. The summed E-state index contributed by atoms with van der Waals surface area (Å²) in [5.74, 6) is 1.10. The van der Waals surface area contributed by atoms with E-state index in [4.69, 9.17) is 14.9 Å². The van der Waals surface area contributed by atoms with Crippen molar-refractivity contribution in [3.05, 3.63) is 70.9 Å². The number of nitrogens with zero attached hydrogens (tertiary/aromatic N) is 1. The summed E-state index contributed by atoms with van der Waals surface area (Å²) in [5, 5.41) is 10.7. The largest absolute Gasteiger partial charge is 0.493 e. The first kappa shape index (κ1) is 21.1. The zero-order chi connectivity index (χ0) is 21.5. The molecular weight excluding hydrogens is 382 g/mol. The van der Waals surface area contributed by atoms with E-state index in [1.54, 1.807) is 32.6 Å². The Morgan fingerprint density at radius 1 is 1.10 bits per heavy atom. The van der Waals surface area contributed by atoms with Gasteiger partial charge in [-0.05, 0) is 35.4 Å². The Morgan fingerprint density at radius 2 is 1.80 bits per heavy atom. The number of ether oxygens (including phenoxy) is 2. The van der Waals surface area contributed by atoms with Gasteiger partial charge in [0, 0.05) is 43.5 Å². The minimum Gasteiger partial charge on any atom is -0.493 e. The molecule has 0 aliphatic carbocycles. The molecule has 2 N–H and O–H groups in total. The number of nitrogens with one attached hydrogen (secondary N) is 2. The predicted molar refractivity (Wildman–Crippen MR) is 114 cm³/mol. The Kier molecular flexibility index (Phi) is 6.85. The third-order valence-corrected chi connectivity index (χ3v) is 4.95. The Labute approximate surface area is 175 Å². The molecule has 0 fully saturated rings. The normalized spacial score (nSPS) is 13.5. The first-order chi connectivity index (χ1) is 14.5. The van der Waals surface area contributed by atoms with Crippen molar-refractivity contribution in [3.8, 4) is 11.5 Å². The highest BCUT2D eigenvalue weighted by atomic mass is 16.5. The molecular formula is C23H25N3O4. The molecule has 1 amide bonds. The number of aldehydes is 1. The molecule has 7 heteroatoms. The second-order valence-corrected chi connectivity index (χ2v) is 6.97. The van der Waals surface area contributed by atoms with Crippen LogP contribution in [-0.2, 0) is 17.9 Å². The average Bonchev–Trinajstić information content (AvgIpc) is 2.78. The lowest BCUT2D eigenvalue weighted by Crippen LogP contribution is -2.27. The van der Waals surface area contributed by atoms with Crippen molar-refractivity contribution in [2.45, 2.75) is 19.5 Å². The van der Waals surface area contributed by atoms with Crippen LogP contribution in [0, 0.1) is 5.41 Å². The molecule has 3 rings (SSSR count). The highest BCUT2D eigenvalue weighted by molar-refractivity contribution is 6.13. The lowest BCUT2D eigenvalue weighted by atomic mass is 10.1. The number of amides is 1. The third-order valence-electron chi connectivity index (χ3n) is 4.95. The summed E-state index contributed by atoms with van der Waals surface area (Å²) in [6.45, 7) is 1.70.